The fourth-order valence-corrected chi connectivity index (χ4v) is 2.15. The Morgan fingerprint density at radius 3 is 2.53 bits per heavy atom. The summed E-state index contributed by atoms with van der Waals surface area (Å²) in [7, 11) is 0. The molecule has 0 unspecified atom stereocenters. The van der Waals surface area contributed by atoms with Gasteiger partial charge in [0, 0.05) is 19.7 Å². The summed E-state index contributed by atoms with van der Waals surface area (Å²) < 4.78 is 5.39. The fourth-order valence-electron chi connectivity index (χ4n) is 2.15. The smallest absolute Gasteiger partial charge is 0.314 e. The first kappa shape index (κ1) is 14.1. The Labute approximate surface area is 112 Å². The minimum atomic E-state index is -0.813. The summed E-state index contributed by atoms with van der Waals surface area (Å²) in [5, 5.41) is 14.4. The number of carbonyl (C=O) groups is 2. The van der Waals surface area contributed by atoms with Gasteiger partial charge in [-0.3, -0.25) is 4.79 Å². The third-order valence-electron chi connectivity index (χ3n) is 3.93. The zero-order valence-electron chi connectivity index (χ0n) is 11.1. The van der Waals surface area contributed by atoms with E-state index in [1.54, 1.807) is 0 Å². The lowest BCUT2D eigenvalue weighted by Crippen LogP contribution is -2.50. The summed E-state index contributed by atoms with van der Waals surface area (Å²) in [5.74, 6) is -0.0883. The number of amides is 2. The van der Waals surface area contributed by atoms with Gasteiger partial charge in [0.25, 0.3) is 0 Å². The van der Waals surface area contributed by atoms with Gasteiger partial charge >= 0.3 is 12.0 Å². The molecule has 19 heavy (non-hydrogen) atoms. The summed E-state index contributed by atoms with van der Waals surface area (Å²) in [4.78, 5) is 22.6. The molecule has 2 aliphatic rings. The molecule has 0 saturated heterocycles. The Hall–Kier alpha value is -1.30. The summed E-state index contributed by atoms with van der Waals surface area (Å²) in [6.45, 7) is 1.95. The van der Waals surface area contributed by atoms with E-state index >= 15 is 0 Å². The second-order valence-corrected chi connectivity index (χ2v) is 5.57. The second kappa shape index (κ2) is 6.23. The number of rotatable bonds is 8. The van der Waals surface area contributed by atoms with Gasteiger partial charge < -0.3 is 20.5 Å². The van der Waals surface area contributed by atoms with Crippen molar-refractivity contribution in [3.8, 4) is 0 Å². The lowest BCUT2D eigenvalue weighted by molar-refractivity contribution is -0.153. The van der Waals surface area contributed by atoms with Gasteiger partial charge in [0.15, 0.2) is 0 Å². The van der Waals surface area contributed by atoms with Crippen molar-refractivity contribution in [2.24, 2.45) is 11.3 Å². The first-order valence-corrected chi connectivity index (χ1v) is 6.95. The van der Waals surface area contributed by atoms with E-state index in [1.807, 2.05) is 0 Å². The number of aliphatic carboxylic acids is 1. The van der Waals surface area contributed by atoms with E-state index in [0.29, 0.717) is 26.0 Å². The topological polar surface area (TPSA) is 87.7 Å². The predicted octanol–water partition coefficient (Wildman–Crippen LogP) is 0.967. The molecule has 0 aliphatic heterocycles. The quantitative estimate of drug-likeness (QED) is 0.573. The van der Waals surface area contributed by atoms with Crippen molar-refractivity contribution in [1.29, 1.82) is 0 Å². The van der Waals surface area contributed by atoms with E-state index in [0.717, 1.165) is 18.9 Å². The van der Waals surface area contributed by atoms with Crippen LogP contribution in [0.1, 0.15) is 32.1 Å². The van der Waals surface area contributed by atoms with Crippen LogP contribution in [-0.2, 0) is 9.53 Å². The molecule has 0 aromatic rings. The molecule has 0 bridgehead atoms. The maximum Gasteiger partial charge on any atom is 0.314 e. The van der Waals surface area contributed by atoms with Gasteiger partial charge in [-0.25, -0.2) is 4.79 Å². The average molecular weight is 270 g/mol. The van der Waals surface area contributed by atoms with E-state index in [-0.39, 0.29) is 12.6 Å². The minimum Gasteiger partial charge on any atom is -0.481 e. The number of carbonyl (C=O) groups excluding carboxylic acids is 1. The Balaban J connectivity index is 1.52. The molecule has 2 amide bonds. The number of carboxylic acids is 1. The van der Waals surface area contributed by atoms with Gasteiger partial charge in [-0.15, -0.1) is 0 Å². The highest BCUT2D eigenvalue weighted by atomic mass is 16.5. The van der Waals surface area contributed by atoms with E-state index < -0.39 is 11.4 Å². The van der Waals surface area contributed by atoms with Gasteiger partial charge in [0.2, 0.25) is 0 Å². The van der Waals surface area contributed by atoms with E-state index in [4.69, 9.17) is 9.84 Å². The zero-order chi connectivity index (χ0) is 13.7. The fraction of sp³-hybridized carbons (Fsp3) is 0.846. The van der Waals surface area contributed by atoms with E-state index in [9.17, 15) is 9.59 Å². The maximum absolute atomic E-state index is 11.5. The van der Waals surface area contributed by atoms with Gasteiger partial charge in [0.05, 0.1) is 12.0 Å². The molecule has 3 N–H and O–H groups in total. The molecule has 0 heterocycles. The third-order valence-corrected chi connectivity index (χ3v) is 3.93. The standard InChI is InChI=1S/C13H22N2O4/c16-11(17)13(4-1-5-13)9-15-12(18)14-6-7-19-8-10-2-3-10/h10H,1-9H2,(H,16,17)(H2,14,15,18). The Kier molecular flexibility index (Phi) is 4.63. The lowest BCUT2D eigenvalue weighted by atomic mass is 9.69. The average Bonchev–Trinajstić information content (AvgIpc) is 3.10. The molecule has 2 fully saturated rings. The van der Waals surface area contributed by atoms with E-state index in [1.165, 1.54) is 12.8 Å². The SMILES string of the molecule is O=C(NCCOCC1CC1)NCC1(C(=O)O)CCC1. The van der Waals surface area contributed by atoms with Crippen molar-refractivity contribution in [2.45, 2.75) is 32.1 Å². The van der Waals surface area contributed by atoms with Crippen LogP contribution in [-0.4, -0.2) is 43.4 Å². The zero-order valence-corrected chi connectivity index (χ0v) is 11.1. The molecule has 108 valence electrons. The van der Waals surface area contributed by atoms with Crippen molar-refractivity contribution in [2.75, 3.05) is 26.3 Å². The van der Waals surface area contributed by atoms with Crippen molar-refractivity contribution < 1.29 is 19.4 Å². The van der Waals surface area contributed by atoms with Crippen LogP contribution in [0, 0.1) is 11.3 Å². The molecular weight excluding hydrogens is 248 g/mol. The molecule has 6 nitrogen and oxygen atoms in total. The molecule has 0 atom stereocenters. The molecule has 0 aromatic heterocycles. The van der Waals surface area contributed by atoms with Crippen LogP contribution < -0.4 is 10.6 Å². The maximum atomic E-state index is 11.5. The van der Waals surface area contributed by atoms with Crippen molar-refractivity contribution >= 4 is 12.0 Å². The van der Waals surface area contributed by atoms with Gasteiger partial charge in [-0.1, -0.05) is 6.42 Å². The number of carboxylic acid groups (broad SMARTS) is 1. The van der Waals surface area contributed by atoms with Crippen LogP contribution in [0.4, 0.5) is 4.79 Å². The van der Waals surface area contributed by atoms with Crippen LogP contribution in [0.2, 0.25) is 0 Å². The summed E-state index contributed by atoms with van der Waals surface area (Å²) >= 11 is 0. The summed E-state index contributed by atoms with van der Waals surface area (Å²) in [6, 6.07) is -0.317. The largest absolute Gasteiger partial charge is 0.481 e. The van der Waals surface area contributed by atoms with Crippen LogP contribution in [0.3, 0.4) is 0 Å². The molecular formula is C13H22N2O4. The number of nitrogens with one attached hydrogen (secondary N) is 2. The number of hydrogen-bond donors (Lipinski definition) is 3. The molecule has 0 aromatic carbocycles. The minimum absolute atomic E-state index is 0.205. The van der Waals surface area contributed by atoms with Crippen LogP contribution in [0.25, 0.3) is 0 Å². The molecule has 6 heteroatoms. The first-order valence-electron chi connectivity index (χ1n) is 6.95. The Morgan fingerprint density at radius 2 is 2.00 bits per heavy atom. The molecule has 0 radical (unpaired) electrons. The number of urea groups is 1. The molecule has 2 aliphatic carbocycles. The summed E-state index contributed by atoms with van der Waals surface area (Å²) in [6.07, 6.45) is 4.72. The van der Waals surface area contributed by atoms with E-state index in [2.05, 4.69) is 10.6 Å². The van der Waals surface area contributed by atoms with Crippen LogP contribution >= 0.6 is 0 Å². The Bertz CT molecular complexity index is 338. The molecule has 0 spiro atoms. The van der Waals surface area contributed by atoms with Crippen molar-refractivity contribution in [1.82, 2.24) is 10.6 Å². The van der Waals surface area contributed by atoms with Crippen LogP contribution in [0.15, 0.2) is 0 Å². The summed E-state index contributed by atoms with van der Waals surface area (Å²) in [5.41, 5.74) is -0.736. The number of ether oxygens (including phenoxy) is 1. The molecule has 2 saturated carbocycles. The second-order valence-electron chi connectivity index (χ2n) is 5.57. The van der Waals surface area contributed by atoms with Gasteiger partial charge in [-0.2, -0.15) is 0 Å². The van der Waals surface area contributed by atoms with Crippen molar-refractivity contribution in [3.63, 3.8) is 0 Å². The predicted molar refractivity (Wildman–Crippen MR) is 68.9 cm³/mol. The normalized spacial score (nSPS) is 20.4. The highest BCUT2D eigenvalue weighted by Gasteiger charge is 2.44. The van der Waals surface area contributed by atoms with Gasteiger partial charge in [-0.05, 0) is 31.6 Å². The highest BCUT2D eigenvalue weighted by Crippen LogP contribution is 2.40. The highest BCUT2D eigenvalue weighted by molar-refractivity contribution is 5.78. The molecule has 2 rings (SSSR count). The van der Waals surface area contributed by atoms with Crippen LogP contribution in [0.5, 0.6) is 0 Å². The third kappa shape index (κ3) is 4.09. The lowest BCUT2D eigenvalue weighted by Gasteiger charge is -2.37. The van der Waals surface area contributed by atoms with Gasteiger partial charge in [0.1, 0.15) is 0 Å². The Morgan fingerprint density at radius 1 is 1.26 bits per heavy atom. The first-order chi connectivity index (χ1) is 9.12. The van der Waals surface area contributed by atoms with Crippen molar-refractivity contribution in [3.05, 3.63) is 0 Å². The number of hydrogen-bond acceptors (Lipinski definition) is 3. The monoisotopic (exact) mass is 270 g/mol.